The van der Waals surface area contributed by atoms with Gasteiger partial charge in [0.25, 0.3) is 0 Å². The van der Waals surface area contributed by atoms with Crippen LogP contribution < -0.4 is 5.73 Å². The summed E-state index contributed by atoms with van der Waals surface area (Å²) in [5, 5.41) is 3.60. The van der Waals surface area contributed by atoms with Crippen molar-refractivity contribution in [1.82, 2.24) is 0 Å². The molecule has 20 heavy (non-hydrogen) atoms. The van der Waals surface area contributed by atoms with Gasteiger partial charge in [-0.2, -0.15) is 0 Å². The van der Waals surface area contributed by atoms with Gasteiger partial charge in [-0.1, -0.05) is 49.4 Å². The summed E-state index contributed by atoms with van der Waals surface area (Å²) >= 11 is 1.81. The van der Waals surface area contributed by atoms with Gasteiger partial charge in [0.15, 0.2) is 0 Å². The molecule has 2 heteroatoms. The third-order valence-electron chi connectivity index (χ3n) is 3.84. The molecular formula is C18H19NS. The first kappa shape index (κ1) is 13.3. The van der Waals surface area contributed by atoms with Crippen molar-refractivity contribution in [3.05, 3.63) is 70.6 Å². The maximum Gasteiger partial charge on any atom is 0.0345 e. The third kappa shape index (κ3) is 2.49. The Morgan fingerprint density at radius 3 is 2.60 bits per heavy atom. The SMILES string of the molecule is CCc1ccccc1C(N)Cc1csc2ccccc12. The minimum atomic E-state index is 0.0733. The Hall–Kier alpha value is -1.64. The summed E-state index contributed by atoms with van der Waals surface area (Å²) in [5.41, 5.74) is 10.5. The van der Waals surface area contributed by atoms with Crippen molar-refractivity contribution in [2.24, 2.45) is 5.73 Å². The van der Waals surface area contributed by atoms with E-state index in [4.69, 9.17) is 5.73 Å². The Kier molecular flexibility index (Phi) is 3.86. The summed E-state index contributed by atoms with van der Waals surface area (Å²) in [6.45, 7) is 2.19. The number of nitrogens with two attached hydrogens (primary N) is 1. The fraction of sp³-hybridized carbons (Fsp3) is 0.222. The largest absolute Gasteiger partial charge is 0.324 e. The van der Waals surface area contributed by atoms with Gasteiger partial charge in [0.1, 0.15) is 0 Å². The topological polar surface area (TPSA) is 26.0 Å². The van der Waals surface area contributed by atoms with Crippen LogP contribution in [0.5, 0.6) is 0 Å². The van der Waals surface area contributed by atoms with Crippen molar-refractivity contribution in [2.75, 3.05) is 0 Å². The van der Waals surface area contributed by atoms with E-state index in [0.717, 1.165) is 12.8 Å². The highest BCUT2D eigenvalue weighted by atomic mass is 32.1. The van der Waals surface area contributed by atoms with Gasteiger partial charge in [-0.15, -0.1) is 11.3 Å². The van der Waals surface area contributed by atoms with Gasteiger partial charge in [0, 0.05) is 10.7 Å². The Labute approximate surface area is 124 Å². The van der Waals surface area contributed by atoms with E-state index in [-0.39, 0.29) is 6.04 Å². The molecule has 0 bridgehead atoms. The quantitative estimate of drug-likeness (QED) is 0.736. The lowest BCUT2D eigenvalue weighted by molar-refractivity contribution is 0.716. The highest BCUT2D eigenvalue weighted by molar-refractivity contribution is 7.17. The lowest BCUT2D eigenvalue weighted by Crippen LogP contribution is -2.15. The fourth-order valence-corrected chi connectivity index (χ4v) is 3.73. The summed E-state index contributed by atoms with van der Waals surface area (Å²) in [4.78, 5) is 0. The molecule has 0 aliphatic carbocycles. The molecule has 1 unspecified atom stereocenters. The molecule has 0 aliphatic heterocycles. The van der Waals surface area contributed by atoms with Crippen LogP contribution in [-0.2, 0) is 12.8 Å². The highest BCUT2D eigenvalue weighted by Gasteiger charge is 2.13. The molecule has 2 N–H and O–H groups in total. The molecule has 0 radical (unpaired) electrons. The number of benzene rings is 2. The zero-order valence-corrected chi connectivity index (χ0v) is 12.5. The van der Waals surface area contributed by atoms with Gasteiger partial charge in [-0.25, -0.2) is 0 Å². The molecule has 1 nitrogen and oxygen atoms in total. The van der Waals surface area contributed by atoms with Crippen LogP contribution in [0.2, 0.25) is 0 Å². The summed E-state index contributed by atoms with van der Waals surface area (Å²) in [7, 11) is 0. The maximum absolute atomic E-state index is 6.46. The molecule has 0 saturated carbocycles. The van der Waals surface area contributed by atoms with Crippen LogP contribution in [0.1, 0.15) is 29.7 Å². The van der Waals surface area contributed by atoms with E-state index < -0.39 is 0 Å². The van der Waals surface area contributed by atoms with Crippen LogP contribution in [-0.4, -0.2) is 0 Å². The van der Waals surface area contributed by atoms with E-state index in [1.54, 1.807) is 11.3 Å². The summed E-state index contributed by atoms with van der Waals surface area (Å²) in [5.74, 6) is 0. The van der Waals surface area contributed by atoms with Crippen LogP contribution in [0.25, 0.3) is 10.1 Å². The van der Waals surface area contributed by atoms with E-state index in [1.165, 1.54) is 26.8 Å². The Balaban J connectivity index is 1.90. The van der Waals surface area contributed by atoms with Crippen molar-refractivity contribution in [1.29, 1.82) is 0 Å². The molecule has 0 amide bonds. The number of rotatable bonds is 4. The second kappa shape index (κ2) is 5.78. The van der Waals surface area contributed by atoms with Crippen molar-refractivity contribution in [3.8, 4) is 0 Å². The van der Waals surface area contributed by atoms with Crippen LogP contribution in [0, 0.1) is 0 Å². The minimum Gasteiger partial charge on any atom is -0.324 e. The van der Waals surface area contributed by atoms with Gasteiger partial charge < -0.3 is 5.73 Å². The smallest absolute Gasteiger partial charge is 0.0345 e. The van der Waals surface area contributed by atoms with Gasteiger partial charge in [-0.3, -0.25) is 0 Å². The summed E-state index contributed by atoms with van der Waals surface area (Å²) in [6.07, 6.45) is 1.94. The number of aryl methyl sites for hydroxylation is 1. The molecular weight excluding hydrogens is 262 g/mol. The first-order valence-electron chi connectivity index (χ1n) is 7.08. The molecule has 1 atom stereocenters. The van der Waals surface area contributed by atoms with E-state index >= 15 is 0 Å². The fourth-order valence-electron chi connectivity index (χ4n) is 2.76. The molecule has 0 saturated heterocycles. The third-order valence-corrected chi connectivity index (χ3v) is 4.85. The molecule has 0 aliphatic rings. The number of thiophene rings is 1. The first-order valence-corrected chi connectivity index (χ1v) is 7.96. The lowest BCUT2D eigenvalue weighted by atomic mass is 9.94. The average molecular weight is 281 g/mol. The van der Waals surface area contributed by atoms with Crippen molar-refractivity contribution in [2.45, 2.75) is 25.8 Å². The number of fused-ring (bicyclic) bond motifs is 1. The molecule has 1 aromatic heterocycles. The monoisotopic (exact) mass is 281 g/mol. The van der Waals surface area contributed by atoms with E-state index in [2.05, 4.69) is 60.8 Å². The van der Waals surface area contributed by atoms with Crippen LogP contribution in [0.15, 0.2) is 53.9 Å². The van der Waals surface area contributed by atoms with Crippen LogP contribution in [0.4, 0.5) is 0 Å². The molecule has 2 aromatic carbocycles. The molecule has 0 spiro atoms. The zero-order chi connectivity index (χ0) is 13.9. The minimum absolute atomic E-state index is 0.0733. The number of hydrogen-bond donors (Lipinski definition) is 1. The molecule has 1 heterocycles. The van der Waals surface area contributed by atoms with Crippen LogP contribution in [0.3, 0.4) is 0 Å². The average Bonchev–Trinajstić information content (AvgIpc) is 2.90. The van der Waals surface area contributed by atoms with Gasteiger partial charge in [0.2, 0.25) is 0 Å². The van der Waals surface area contributed by atoms with E-state index in [0.29, 0.717) is 0 Å². The van der Waals surface area contributed by atoms with Crippen LogP contribution >= 0.6 is 11.3 Å². The van der Waals surface area contributed by atoms with Crippen molar-refractivity contribution < 1.29 is 0 Å². The Bertz CT molecular complexity index is 714. The maximum atomic E-state index is 6.46. The molecule has 3 aromatic rings. The van der Waals surface area contributed by atoms with Gasteiger partial charge >= 0.3 is 0 Å². The molecule has 3 rings (SSSR count). The normalized spacial score (nSPS) is 12.7. The Morgan fingerprint density at radius 2 is 1.75 bits per heavy atom. The van der Waals surface area contributed by atoms with Crippen molar-refractivity contribution in [3.63, 3.8) is 0 Å². The lowest BCUT2D eigenvalue weighted by Gasteiger charge is -2.15. The standard InChI is InChI=1S/C18H19NS/c1-2-13-7-3-4-8-15(13)17(19)11-14-12-20-18-10-6-5-9-16(14)18/h3-10,12,17H,2,11,19H2,1H3. The molecule has 0 fully saturated rings. The summed E-state index contributed by atoms with van der Waals surface area (Å²) in [6, 6.07) is 17.2. The van der Waals surface area contributed by atoms with E-state index in [9.17, 15) is 0 Å². The Morgan fingerprint density at radius 1 is 1.00 bits per heavy atom. The highest BCUT2D eigenvalue weighted by Crippen LogP contribution is 2.29. The molecule has 102 valence electrons. The zero-order valence-electron chi connectivity index (χ0n) is 11.7. The summed E-state index contributed by atoms with van der Waals surface area (Å²) < 4.78 is 1.35. The van der Waals surface area contributed by atoms with Gasteiger partial charge in [-0.05, 0) is 46.4 Å². The second-order valence-electron chi connectivity index (χ2n) is 5.12. The second-order valence-corrected chi connectivity index (χ2v) is 6.03. The predicted molar refractivity (Wildman–Crippen MR) is 88.3 cm³/mol. The van der Waals surface area contributed by atoms with E-state index in [1.807, 2.05) is 0 Å². The predicted octanol–water partition coefficient (Wildman–Crippen LogP) is 4.71. The van der Waals surface area contributed by atoms with Crippen molar-refractivity contribution >= 4 is 21.4 Å². The number of hydrogen-bond acceptors (Lipinski definition) is 2. The first-order chi connectivity index (χ1) is 9.79. The van der Waals surface area contributed by atoms with Gasteiger partial charge in [0.05, 0.1) is 0 Å².